The Kier molecular flexibility index (Phi) is 41.7. The van der Waals surface area contributed by atoms with Crippen LogP contribution in [0, 0.1) is 0 Å². The Morgan fingerprint density at radius 1 is 0.545 bits per heavy atom. The largest absolute Gasteiger partial charge is 0.462 e. The molecule has 0 aromatic heterocycles. The van der Waals surface area contributed by atoms with Gasteiger partial charge in [0.25, 0.3) is 0 Å². The van der Waals surface area contributed by atoms with Gasteiger partial charge in [0.2, 0.25) is 5.91 Å². The molecule has 322 valence electrons. The second-order valence-corrected chi connectivity index (χ2v) is 16.2. The number of rotatable bonds is 42. The molecule has 0 fully saturated rings. The lowest BCUT2D eigenvalue weighted by Crippen LogP contribution is -2.46. The summed E-state index contributed by atoms with van der Waals surface area (Å²) in [5, 5.41) is 23.7. The van der Waals surface area contributed by atoms with E-state index in [9.17, 15) is 19.8 Å². The zero-order chi connectivity index (χ0) is 40.3. The lowest BCUT2D eigenvalue weighted by Gasteiger charge is -2.24. The van der Waals surface area contributed by atoms with E-state index in [2.05, 4.69) is 62.5 Å². The smallest absolute Gasteiger partial charge is 0.306 e. The van der Waals surface area contributed by atoms with Gasteiger partial charge < -0.3 is 20.3 Å². The summed E-state index contributed by atoms with van der Waals surface area (Å²) in [5.41, 5.74) is 0. The summed E-state index contributed by atoms with van der Waals surface area (Å²) in [4.78, 5) is 26.0. The van der Waals surface area contributed by atoms with Crippen molar-refractivity contribution in [2.75, 3.05) is 6.61 Å². The average molecular weight is 774 g/mol. The Morgan fingerprint density at radius 2 is 0.982 bits per heavy atom. The van der Waals surface area contributed by atoms with Crippen molar-refractivity contribution in [2.45, 2.75) is 257 Å². The van der Waals surface area contributed by atoms with E-state index < -0.39 is 18.2 Å². The topological polar surface area (TPSA) is 95.9 Å². The van der Waals surface area contributed by atoms with Crippen LogP contribution in [0.2, 0.25) is 0 Å². The van der Waals surface area contributed by atoms with Gasteiger partial charge in [0.15, 0.2) is 0 Å². The van der Waals surface area contributed by atoms with Crippen molar-refractivity contribution in [1.82, 2.24) is 5.32 Å². The summed E-state index contributed by atoms with van der Waals surface area (Å²) in [6.45, 7) is 6.33. The molecule has 3 N–H and O–H groups in total. The molecule has 0 bridgehead atoms. The molecule has 0 spiro atoms. The van der Waals surface area contributed by atoms with Crippen molar-refractivity contribution < 1.29 is 24.5 Å². The Hall–Kier alpha value is -1.92. The molecule has 0 rings (SSSR count). The number of hydrogen-bond donors (Lipinski definition) is 3. The number of aliphatic hydroxyl groups excluding tert-OH is 2. The number of allylic oxidation sites excluding steroid dienone is 6. The molecule has 0 aromatic carbocycles. The van der Waals surface area contributed by atoms with E-state index in [0.717, 1.165) is 83.5 Å². The zero-order valence-electron chi connectivity index (χ0n) is 36.6. The third-order valence-electron chi connectivity index (χ3n) is 10.8. The molecule has 0 aliphatic heterocycles. The number of hydrogen-bond acceptors (Lipinski definition) is 5. The predicted octanol–water partition coefficient (Wildman–Crippen LogP) is 13.7. The van der Waals surface area contributed by atoms with Crippen LogP contribution < -0.4 is 5.32 Å². The quantitative estimate of drug-likeness (QED) is 0.0326. The Balaban J connectivity index is 4.58. The second kappa shape index (κ2) is 43.2. The molecule has 0 heterocycles. The summed E-state index contributed by atoms with van der Waals surface area (Å²) in [6.07, 6.45) is 49.1. The summed E-state index contributed by atoms with van der Waals surface area (Å²) in [6, 6.07) is -0.704. The molecule has 6 heteroatoms. The van der Waals surface area contributed by atoms with Gasteiger partial charge in [-0.3, -0.25) is 9.59 Å². The van der Waals surface area contributed by atoms with Crippen molar-refractivity contribution in [3.63, 3.8) is 0 Å². The molecule has 3 unspecified atom stereocenters. The van der Waals surface area contributed by atoms with Crippen LogP contribution in [0.1, 0.15) is 239 Å². The molecule has 0 aromatic rings. The van der Waals surface area contributed by atoms with Crippen LogP contribution in [0.15, 0.2) is 36.5 Å². The second-order valence-electron chi connectivity index (χ2n) is 16.2. The molecule has 6 nitrogen and oxygen atoms in total. The van der Waals surface area contributed by atoms with Gasteiger partial charge in [-0.15, -0.1) is 0 Å². The normalized spacial score (nSPS) is 13.6. The molecular weight excluding hydrogens is 683 g/mol. The van der Waals surface area contributed by atoms with E-state index in [0.29, 0.717) is 19.3 Å². The van der Waals surface area contributed by atoms with Crippen LogP contribution >= 0.6 is 0 Å². The van der Waals surface area contributed by atoms with Gasteiger partial charge in [0.1, 0.15) is 6.10 Å². The SMILES string of the molecule is CC/C=C/C=C/C=C/CCCCCCCC(CC(=O)NC(CO)C(O)CCCCCCCCCCCCCCC)OC(=O)CCCCCCCCCCCC. The van der Waals surface area contributed by atoms with Crippen molar-refractivity contribution in [3.05, 3.63) is 36.5 Å². The highest BCUT2D eigenvalue weighted by atomic mass is 16.5. The van der Waals surface area contributed by atoms with E-state index in [1.54, 1.807) is 0 Å². The first kappa shape index (κ1) is 53.1. The number of aliphatic hydroxyl groups is 2. The molecule has 55 heavy (non-hydrogen) atoms. The molecule has 0 saturated carbocycles. The van der Waals surface area contributed by atoms with Gasteiger partial charge >= 0.3 is 5.97 Å². The summed E-state index contributed by atoms with van der Waals surface area (Å²) in [7, 11) is 0. The van der Waals surface area contributed by atoms with Gasteiger partial charge in [-0.1, -0.05) is 218 Å². The first-order valence-corrected chi connectivity index (χ1v) is 23.7. The highest BCUT2D eigenvalue weighted by molar-refractivity contribution is 5.77. The van der Waals surface area contributed by atoms with E-state index in [4.69, 9.17) is 4.74 Å². The molecule has 3 atom stereocenters. The fraction of sp³-hybridized carbons (Fsp3) is 0.837. The Morgan fingerprint density at radius 3 is 1.47 bits per heavy atom. The molecule has 0 radical (unpaired) electrons. The average Bonchev–Trinajstić information content (AvgIpc) is 3.18. The molecular formula is C49H91NO5. The Bertz CT molecular complexity index is 915. The van der Waals surface area contributed by atoms with Crippen LogP contribution in [-0.2, 0) is 14.3 Å². The van der Waals surface area contributed by atoms with Crippen LogP contribution in [0.3, 0.4) is 0 Å². The highest BCUT2D eigenvalue weighted by Gasteiger charge is 2.24. The molecule has 0 saturated heterocycles. The first-order chi connectivity index (χ1) is 27.0. The third-order valence-corrected chi connectivity index (χ3v) is 10.8. The minimum absolute atomic E-state index is 0.0670. The number of esters is 1. The summed E-state index contributed by atoms with van der Waals surface area (Å²) >= 11 is 0. The van der Waals surface area contributed by atoms with E-state index in [1.807, 2.05) is 0 Å². The van der Waals surface area contributed by atoms with E-state index in [-0.39, 0.29) is 24.9 Å². The van der Waals surface area contributed by atoms with E-state index >= 15 is 0 Å². The van der Waals surface area contributed by atoms with Crippen LogP contribution in [0.25, 0.3) is 0 Å². The Labute approximate surface area is 341 Å². The lowest BCUT2D eigenvalue weighted by molar-refractivity contribution is -0.151. The van der Waals surface area contributed by atoms with Gasteiger partial charge in [-0.05, 0) is 44.9 Å². The maximum Gasteiger partial charge on any atom is 0.306 e. The number of unbranched alkanes of at least 4 members (excludes halogenated alkanes) is 26. The monoisotopic (exact) mass is 774 g/mol. The number of amides is 1. The molecule has 1 amide bonds. The van der Waals surface area contributed by atoms with Gasteiger partial charge in [0, 0.05) is 6.42 Å². The van der Waals surface area contributed by atoms with Gasteiger partial charge in [-0.25, -0.2) is 0 Å². The number of nitrogens with one attached hydrogen (secondary N) is 1. The van der Waals surface area contributed by atoms with Crippen molar-refractivity contribution in [3.8, 4) is 0 Å². The van der Waals surface area contributed by atoms with Crippen LogP contribution in [-0.4, -0.2) is 46.9 Å². The van der Waals surface area contributed by atoms with Gasteiger partial charge in [-0.2, -0.15) is 0 Å². The van der Waals surface area contributed by atoms with Crippen molar-refractivity contribution >= 4 is 11.9 Å². The highest BCUT2D eigenvalue weighted by Crippen LogP contribution is 2.18. The number of carbonyl (C=O) groups excluding carboxylic acids is 2. The summed E-state index contributed by atoms with van der Waals surface area (Å²) < 4.78 is 5.89. The summed E-state index contributed by atoms with van der Waals surface area (Å²) in [5.74, 6) is -0.490. The zero-order valence-corrected chi connectivity index (χ0v) is 36.6. The van der Waals surface area contributed by atoms with Crippen molar-refractivity contribution in [2.24, 2.45) is 0 Å². The standard InChI is InChI=1S/C49H91NO5/c1-4-7-10-13-16-19-22-24-26-28-31-34-37-40-45(55-49(54)42-39-36-33-30-21-18-15-12-9-6-3)43-48(53)50-46(44-51)47(52)41-38-35-32-29-27-25-23-20-17-14-11-8-5-2/h7,10,13,16,19,22,45-47,51-52H,4-6,8-9,11-12,14-15,17-18,20-21,23-44H2,1-3H3,(H,50,53)/b10-7+,16-13+,22-19+. The van der Waals surface area contributed by atoms with Gasteiger partial charge in [0.05, 0.1) is 25.2 Å². The lowest BCUT2D eigenvalue weighted by atomic mass is 10.0. The minimum Gasteiger partial charge on any atom is -0.462 e. The maximum atomic E-state index is 13.1. The fourth-order valence-electron chi connectivity index (χ4n) is 7.19. The minimum atomic E-state index is -0.789. The van der Waals surface area contributed by atoms with Crippen LogP contribution in [0.4, 0.5) is 0 Å². The van der Waals surface area contributed by atoms with E-state index in [1.165, 1.54) is 109 Å². The van der Waals surface area contributed by atoms with Crippen molar-refractivity contribution in [1.29, 1.82) is 0 Å². The molecule has 0 aliphatic carbocycles. The number of ether oxygens (including phenoxy) is 1. The predicted molar refractivity (Wildman–Crippen MR) is 236 cm³/mol. The molecule has 0 aliphatic rings. The first-order valence-electron chi connectivity index (χ1n) is 23.7. The number of carbonyl (C=O) groups is 2. The fourth-order valence-corrected chi connectivity index (χ4v) is 7.19. The third kappa shape index (κ3) is 38.7. The maximum absolute atomic E-state index is 13.1. The van der Waals surface area contributed by atoms with Crippen LogP contribution in [0.5, 0.6) is 0 Å².